The van der Waals surface area contributed by atoms with Gasteiger partial charge in [0, 0.05) is 5.56 Å². The third-order valence-electron chi connectivity index (χ3n) is 4.40. The number of benzene rings is 3. The van der Waals surface area contributed by atoms with Crippen molar-refractivity contribution in [2.75, 3.05) is 13.7 Å². The first-order chi connectivity index (χ1) is 13.3. The molecule has 0 unspecified atom stereocenters. The highest BCUT2D eigenvalue weighted by atomic mass is 19.1. The van der Waals surface area contributed by atoms with E-state index in [2.05, 4.69) is 4.57 Å². The number of aromatic nitrogens is 2. The molecule has 4 nitrogen and oxygen atoms in total. The SMILES string of the molecule is COc1ccccc1OCCn1c(-c2ccc(F)cc2)nc2ccccc21. The van der Waals surface area contributed by atoms with Gasteiger partial charge in [-0.15, -0.1) is 0 Å². The first kappa shape index (κ1) is 17.1. The van der Waals surface area contributed by atoms with Crippen molar-refractivity contribution in [1.29, 1.82) is 0 Å². The molecule has 0 atom stereocenters. The molecule has 0 saturated carbocycles. The highest BCUT2D eigenvalue weighted by Crippen LogP contribution is 2.27. The molecule has 5 heteroatoms. The Morgan fingerprint density at radius 1 is 0.889 bits per heavy atom. The zero-order valence-electron chi connectivity index (χ0n) is 14.9. The standard InChI is InChI=1S/C22H19FN2O2/c1-26-20-8-4-5-9-21(20)27-15-14-25-19-7-3-2-6-18(19)24-22(25)16-10-12-17(23)13-11-16/h2-13H,14-15H2,1H3. The Labute approximate surface area is 156 Å². The molecule has 1 aromatic heterocycles. The predicted molar refractivity (Wildman–Crippen MR) is 104 cm³/mol. The van der Waals surface area contributed by atoms with Crippen LogP contribution in [0.2, 0.25) is 0 Å². The van der Waals surface area contributed by atoms with Crippen molar-refractivity contribution in [2.24, 2.45) is 0 Å². The van der Waals surface area contributed by atoms with Crippen molar-refractivity contribution >= 4 is 11.0 Å². The fourth-order valence-corrected chi connectivity index (χ4v) is 3.11. The third kappa shape index (κ3) is 3.49. The number of hydrogen-bond acceptors (Lipinski definition) is 3. The van der Waals surface area contributed by atoms with Gasteiger partial charge in [0.05, 0.1) is 24.7 Å². The number of halogens is 1. The predicted octanol–water partition coefficient (Wildman–Crippen LogP) is 4.93. The van der Waals surface area contributed by atoms with E-state index in [0.29, 0.717) is 24.7 Å². The molecular formula is C22H19FN2O2. The number of para-hydroxylation sites is 4. The van der Waals surface area contributed by atoms with E-state index in [4.69, 9.17) is 14.5 Å². The second-order valence-corrected chi connectivity index (χ2v) is 6.08. The molecular weight excluding hydrogens is 343 g/mol. The van der Waals surface area contributed by atoms with E-state index >= 15 is 0 Å². The zero-order valence-corrected chi connectivity index (χ0v) is 14.9. The number of imidazole rings is 1. The Hall–Kier alpha value is -3.34. The average molecular weight is 362 g/mol. The van der Waals surface area contributed by atoms with Crippen molar-refractivity contribution < 1.29 is 13.9 Å². The van der Waals surface area contributed by atoms with Gasteiger partial charge in [0.2, 0.25) is 0 Å². The molecule has 0 aliphatic carbocycles. The summed E-state index contributed by atoms with van der Waals surface area (Å²) in [6, 6.07) is 21.9. The first-order valence-electron chi connectivity index (χ1n) is 8.73. The van der Waals surface area contributed by atoms with E-state index in [1.54, 1.807) is 19.2 Å². The average Bonchev–Trinajstić information content (AvgIpc) is 3.08. The molecule has 0 aliphatic heterocycles. The summed E-state index contributed by atoms with van der Waals surface area (Å²) in [6.45, 7) is 1.06. The highest BCUT2D eigenvalue weighted by Gasteiger charge is 2.13. The molecule has 0 bridgehead atoms. The molecule has 4 rings (SSSR count). The Morgan fingerprint density at radius 2 is 1.59 bits per heavy atom. The van der Waals surface area contributed by atoms with Crippen LogP contribution in [0.15, 0.2) is 72.8 Å². The second kappa shape index (κ2) is 7.50. The zero-order chi connectivity index (χ0) is 18.6. The summed E-state index contributed by atoms with van der Waals surface area (Å²) >= 11 is 0. The summed E-state index contributed by atoms with van der Waals surface area (Å²) in [6.07, 6.45) is 0. The Morgan fingerprint density at radius 3 is 2.37 bits per heavy atom. The molecule has 3 aromatic carbocycles. The van der Waals surface area contributed by atoms with Gasteiger partial charge >= 0.3 is 0 Å². The highest BCUT2D eigenvalue weighted by molar-refractivity contribution is 5.80. The maximum absolute atomic E-state index is 13.3. The van der Waals surface area contributed by atoms with Crippen LogP contribution in [0.4, 0.5) is 4.39 Å². The van der Waals surface area contributed by atoms with Crippen LogP contribution in [-0.4, -0.2) is 23.3 Å². The number of hydrogen-bond donors (Lipinski definition) is 0. The van der Waals surface area contributed by atoms with Crippen LogP contribution < -0.4 is 9.47 Å². The van der Waals surface area contributed by atoms with Gasteiger partial charge in [-0.05, 0) is 48.5 Å². The van der Waals surface area contributed by atoms with Crippen LogP contribution >= 0.6 is 0 Å². The maximum Gasteiger partial charge on any atom is 0.161 e. The minimum atomic E-state index is -0.263. The largest absolute Gasteiger partial charge is 0.493 e. The fraction of sp³-hybridized carbons (Fsp3) is 0.136. The molecule has 1 heterocycles. The van der Waals surface area contributed by atoms with E-state index in [1.807, 2.05) is 48.5 Å². The number of nitrogens with zero attached hydrogens (tertiary/aromatic N) is 2. The summed E-state index contributed by atoms with van der Waals surface area (Å²) in [5, 5.41) is 0. The summed E-state index contributed by atoms with van der Waals surface area (Å²) in [5.41, 5.74) is 2.78. The molecule has 136 valence electrons. The van der Waals surface area contributed by atoms with Crippen molar-refractivity contribution in [3.63, 3.8) is 0 Å². The van der Waals surface area contributed by atoms with Crippen LogP contribution in [0.1, 0.15) is 0 Å². The number of rotatable bonds is 6. The minimum absolute atomic E-state index is 0.263. The molecule has 0 N–H and O–H groups in total. The van der Waals surface area contributed by atoms with Gasteiger partial charge in [0.1, 0.15) is 18.2 Å². The van der Waals surface area contributed by atoms with Crippen molar-refractivity contribution in [2.45, 2.75) is 6.54 Å². The van der Waals surface area contributed by atoms with Crippen LogP contribution in [0.5, 0.6) is 11.5 Å². The number of fused-ring (bicyclic) bond motifs is 1. The Balaban J connectivity index is 1.64. The number of methoxy groups -OCH3 is 1. The lowest BCUT2D eigenvalue weighted by molar-refractivity contribution is 0.281. The van der Waals surface area contributed by atoms with Gasteiger partial charge in [-0.1, -0.05) is 24.3 Å². The lowest BCUT2D eigenvalue weighted by Crippen LogP contribution is -2.10. The maximum atomic E-state index is 13.3. The van der Waals surface area contributed by atoms with Crippen molar-refractivity contribution in [1.82, 2.24) is 9.55 Å². The topological polar surface area (TPSA) is 36.3 Å². The lowest BCUT2D eigenvalue weighted by Gasteiger charge is -2.13. The van der Waals surface area contributed by atoms with Crippen LogP contribution in [0, 0.1) is 5.82 Å². The van der Waals surface area contributed by atoms with Gasteiger partial charge < -0.3 is 14.0 Å². The number of ether oxygens (including phenoxy) is 2. The Kier molecular flexibility index (Phi) is 4.75. The molecule has 0 aliphatic rings. The second-order valence-electron chi connectivity index (χ2n) is 6.08. The van der Waals surface area contributed by atoms with E-state index in [-0.39, 0.29) is 5.82 Å². The van der Waals surface area contributed by atoms with Gasteiger partial charge in [-0.2, -0.15) is 0 Å². The Bertz CT molecular complexity index is 1060. The molecule has 27 heavy (non-hydrogen) atoms. The van der Waals surface area contributed by atoms with E-state index in [1.165, 1.54) is 12.1 Å². The molecule has 0 amide bonds. The molecule has 0 fully saturated rings. The van der Waals surface area contributed by atoms with E-state index < -0.39 is 0 Å². The molecule has 0 saturated heterocycles. The summed E-state index contributed by atoms with van der Waals surface area (Å²) in [4.78, 5) is 4.73. The molecule has 4 aromatic rings. The van der Waals surface area contributed by atoms with Gasteiger partial charge in [0.25, 0.3) is 0 Å². The van der Waals surface area contributed by atoms with Crippen LogP contribution in [0.3, 0.4) is 0 Å². The van der Waals surface area contributed by atoms with Crippen LogP contribution in [0.25, 0.3) is 22.4 Å². The summed E-state index contributed by atoms with van der Waals surface area (Å²) < 4.78 is 26.7. The summed E-state index contributed by atoms with van der Waals surface area (Å²) in [5.74, 6) is 1.93. The first-order valence-corrected chi connectivity index (χ1v) is 8.73. The van der Waals surface area contributed by atoms with E-state index in [9.17, 15) is 4.39 Å². The summed E-state index contributed by atoms with van der Waals surface area (Å²) in [7, 11) is 1.62. The molecule has 0 radical (unpaired) electrons. The van der Waals surface area contributed by atoms with E-state index in [0.717, 1.165) is 22.4 Å². The lowest BCUT2D eigenvalue weighted by atomic mass is 10.2. The fourth-order valence-electron chi connectivity index (χ4n) is 3.11. The van der Waals surface area contributed by atoms with Gasteiger partial charge in [-0.3, -0.25) is 0 Å². The normalized spacial score (nSPS) is 10.9. The van der Waals surface area contributed by atoms with Crippen molar-refractivity contribution in [3.8, 4) is 22.9 Å². The third-order valence-corrected chi connectivity index (χ3v) is 4.40. The van der Waals surface area contributed by atoms with Crippen molar-refractivity contribution in [3.05, 3.63) is 78.6 Å². The van der Waals surface area contributed by atoms with Crippen LogP contribution in [-0.2, 0) is 6.54 Å². The van der Waals surface area contributed by atoms with Gasteiger partial charge in [0.15, 0.2) is 11.5 Å². The van der Waals surface area contributed by atoms with Gasteiger partial charge in [-0.25, -0.2) is 9.37 Å². The quantitative estimate of drug-likeness (QED) is 0.488. The minimum Gasteiger partial charge on any atom is -0.493 e. The molecule has 0 spiro atoms. The smallest absolute Gasteiger partial charge is 0.161 e. The monoisotopic (exact) mass is 362 g/mol.